The highest BCUT2D eigenvalue weighted by atomic mass is 32.2. The third-order valence-electron chi connectivity index (χ3n) is 2.77. The molecule has 0 N–H and O–H groups in total. The van der Waals surface area contributed by atoms with Crippen LogP contribution in [-0.2, 0) is 9.84 Å². The molecule has 4 heteroatoms. The molecule has 0 heterocycles. The predicted molar refractivity (Wildman–Crippen MR) is 79.4 cm³/mol. The first-order valence-corrected chi connectivity index (χ1v) is 7.93. The third kappa shape index (κ3) is 3.65. The van der Waals surface area contributed by atoms with Gasteiger partial charge in [0.1, 0.15) is 0 Å². The number of hydrogen-bond acceptors (Lipinski definition) is 3. The zero-order valence-corrected chi connectivity index (χ0v) is 11.8. The summed E-state index contributed by atoms with van der Waals surface area (Å²) in [5.74, 6) is -0.115. The number of hydrogen-bond donors (Lipinski definition) is 0. The largest absolute Gasteiger partial charge is 0.289 e. The summed E-state index contributed by atoms with van der Waals surface area (Å²) < 4.78 is 22.9. The molecular weight excluding hydrogens is 272 g/mol. The molecule has 0 saturated carbocycles. The van der Waals surface area contributed by atoms with Gasteiger partial charge in [0.05, 0.1) is 4.90 Å². The van der Waals surface area contributed by atoms with Crippen LogP contribution in [0.15, 0.2) is 65.6 Å². The van der Waals surface area contributed by atoms with E-state index in [1.54, 1.807) is 48.5 Å². The molecule has 0 aliphatic carbocycles. The van der Waals surface area contributed by atoms with Crippen LogP contribution in [0, 0.1) is 0 Å². The topological polar surface area (TPSA) is 51.2 Å². The van der Waals surface area contributed by atoms with E-state index >= 15 is 0 Å². The van der Waals surface area contributed by atoms with Crippen molar-refractivity contribution in [2.45, 2.75) is 4.90 Å². The van der Waals surface area contributed by atoms with Gasteiger partial charge < -0.3 is 0 Å². The van der Waals surface area contributed by atoms with E-state index in [1.807, 2.05) is 6.07 Å². The molecule has 3 nitrogen and oxygen atoms in total. The lowest BCUT2D eigenvalue weighted by molar-refractivity contribution is 0.104. The SMILES string of the molecule is CS(=O)(=O)c1cccc(/C=C/C(=O)c2ccccc2)c1. The van der Waals surface area contributed by atoms with Gasteiger partial charge in [0.25, 0.3) is 0 Å². The normalized spacial score (nSPS) is 11.7. The fourth-order valence-corrected chi connectivity index (χ4v) is 2.40. The fourth-order valence-electron chi connectivity index (χ4n) is 1.72. The van der Waals surface area contributed by atoms with Gasteiger partial charge in [-0.15, -0.1) is 0 Å². The Morgan fingerprint density at radius 3 is 2.35 bits per heavy atom. The maximum atomic E-state index is 11.9. The number of allylic oxidation sites excluding steroid dienone is 1. The van der Waals surface area contributed by atoms with E-state index < -0.39 is 9.84 Å². The van der Waals surface area contributed by atoms with E-state index in [4.69, 9.17) is 0 Å². The minimum absolute atomic E-state index is 0.115. The second kappa shape index (κ2) is 5.84. The zero-order chi connectivity index (χ0) is 14.6. The Labute approximate surface area is 118 Å². The van der Waals surface area contributed by atoms with Gasteiger partial charge in [-0.3, -0.25) is 4.79 Å². The van der Waals surface area contributed by atoms with Gasteiger partial charge in [-0.2, -0.15) is 0 Å². The van der Waals surface area contributed by atoms with Crippen molar-refractivity contribution in [2.75, 3.05) is 6.26 Å². The van der Waals surface area contributed by atoms with Crippen LogP contribution in [-0.4, -0.2) is 20.5 Å². The molecule has 0 radical (unpaired) electrons. The molecule has 0 bridgehead atoms. The molecule has 2 rings (SSSR count). The van der Waals surface area contributed by atoms with Crippen molar-refractivity contribution >= 4 is 21.7 Å². The summed E-state index contributed by atoms with van der Waals surface area (Å²) in [5, 5.41) is 0. The van der Waals surface area contributed by atoms with E-state index in [0.29, 0.717) is 11.1 Å². The number of benzene rings is 2. The smallest absolute Gasteiger partial charge is 0.185 e. The number of carbonyl (C=O) groups is 1. The third-order valence-corrected chi connectivity index (χ3v) is 3.88. The van der Waals surface area contributed by atoms with Crippen molar-refractivity contribution in [1.82, 2.24) is 0 Å². The molecular formula is C16H14O3S. The van der Waals surface area contributed by atoms with Gasteiger partial charge in [-0.1, -0.05) is 48.5 Å². The van der Waals surface area contributed by atoms with Crippen molar-refractivity contribution < 1.29 is 13.2 Å². The zero-order valence-electron chi connectivity index (χ0n) is 11.0. The quantitative estimate of drug-likeness (QED) is 0.641. The number of carbonyl (C=O) groups excluding carboxylic acids is 1. The van der Waals surface area contributed by atoms with Crippen molar-refractivity contribution in [2.24, 2.45) is 0 Å². The van der Waals surface area contributed by atoms with Crippen molar-refractivity contribution in [3.05, 3.63) is 71.8 Å². The number of sulfone groups is 1. The van der Waals surface area contributed by atoms with Gasteiger partial charge >= 0.3 is 0 Å². The van der Waals surface area contributed by atoms with Gasteiger partial charge in [0.2, 0.25) is 0 Å². The molecule has 0 spiro atoms. The summed E-state index contributed by atoms with van der Waals surface area (Å²) in [5.41, 5.74) is 1.28. The lowest BCUT2D eigenvalue weighted by Gasteiger charge is -1.99. The Morgan fingerprint density at radius 1 is 1.00 bits per heavy atom. The van der Waals surface area contributed by atoms with Crippen LogP contribution < -0.4 is 0 Å². The molecule has 2 aromatic rings. The molecule has 0 unspecified atom stereocenters. The molecule has 0 aliphatic rings. The van der Waals surface area contributed by atoms with Gasteiger partial charge in [0, 0.05) is 11.8 Å². The first-order valence-electron chi connectivity index (χ1n) is 6.04. The van der Waals surface area contributed by atoms with Crippen LogP contribution in [0.5, 0.6) is 0 Å². The van der Waals surface area contributed by atoms with E-state index in [9.17, 15) is 13.2 Å². The first-order chi connectivity index (χ1) is 9.47. The molecule has 0 aliphatic heterocycles. The second-order valence-corrected chi connectivity index (χ2v) is 6.42. The van der Waals surface area contributed by atoms with Gasteiger partial charge in [-0.05, 0) is 23.8 Å². The maximum absolute atomic E-state index is 11.9. The van der Waals surface area contributed by atoms with E-state index in [-0.39, 0.29) is 10.7 Å². The highest BCUT2D eigenvalue weighted by molar-refractivity contribution is 7.90. The lowest BCUT2D eigenvalue weighted by Crippen LogP contribution is -1.97. The summed E-state index contributed by atoms with van der Waals surface area (Å²) in [4.78, 5) is 12.1. The first kappa shape index (κ1) is 14.2. The Kier molecular flexibility index (Phi) is 4.15. The molecule has 2 aromatic carbocycles. The lowest BCUT2D eigenvalue weighted by atomic mass is 10.1. The van der Waals surface area contributed by atoms with Gasteiger partial charge in [-0.25, -0.2) is 8.42 Å². The summed E-state index contributed by atoms with van der Waals surface area (Å²) in [7, 11) is -3.23. The molecule has 0 saturated heterocycles. The highest BCUT2D eigenvalue weighted by Crippen LogP contribution is 2.13. The maximum Gasteiger partial charge on any atom is 0.185 e. The minimum Gasteiger partial charge on any atom is -0.289 e. The molecule has 0 amide bonds. The van der Waals surface area contributed by atoms with Crippen LogP contribution in [0.25, 0.3) is 6.08 Å². The molecule has 20 heavy (non-hydrogen) atoms. The van der Waals surface area contributed by atoms with Crippen molar-refractivity contribution in [3.8, 4) is 0 Å². The average Bonchev–Trinajstić information content (AvgIpc) is 2.45. The van der Waals surface area contributed by atoms with E-state index in [2.05, 4.69) is 0 Å². The molecule has 0 aromatic heterocycles. The summed E-state index contributed by atoms with van der Waals surface area (Å²) in [6, 6.07) is 15.4. The Bertz CT molecular complexity index is 744. The number of rotatable bonds is 4. The Hall–Kier alpha value is -2.20. The van der Waals surface area contributed by atoms with Crippen molar-refractivity contribution in [1.29, 1.82) is 0 Å². The van der Waals surface area contributed by atoms with Gasteiger partial charge in [0.15, 0.2) is 15.6 Å². The number of ketones is 1. The Morgan fingerprint density at radius 2 is 1.70 bits per heavy atom. The van der Waals surface area contributed by atoms with Crippen LogP contribution in [0.1, 0.15) is 15.9 Å². The van der Waals surface area contributed by atoms with Crippen LogP contribution in [0.2, 0.25) is 0 Å². The molecule has 102 valence electrons. The monoisotopic (exact) mass is 286 g/mol. The second-order valence-electron chi connectivity index (χ2n) is 4.41. The molecule has 0 atom stereocenters. The van der Waals surface area contributed by atoms with Crippen LogP contribution >= 0.6 is 0 Å². The van der Waals surface area contributed by atoms with Crippen LogP contribution in [0.3, 0.4) is 0 Å². The van der Waals surface area contributed by atoms with E-state index in [1.165, 1.54) is 12.1 Å². The minimum atomic E-state index is -3.23. The van der Waals surface area contributed by atoms with E-state index in [0.717, 1.165) is 6.26 Å². The average molecular weight is 286 g/mol. The van der Waals surface area contributed by atoms with Crippen LogP contribution in [0.4, 0.5) is 0 Å². The summed E-state index contributed by atoms with van der Waals surface area (Å²) in [6.45, 7) is 0. The molecule has 0 fully saturated rings. The van der Waals surface area contributed by atoms with Crippen molar-refractivity contribution in [3.63, 3.8) is 0 Å². The summed E-state index contributed by atoms with van der Waals surface area (Å²) >= 11 is 0. The Balaban J connectivity index is 2.22. The highest BCUT2D eigenvalue weighted by Gasteiger charge is 2.06. The fraction of sp³-hybridized carbons (Fsp3) is 0.0625. The predicted octanol–water partition coefficient (Wildman–Crippen LogP) is 2.99. The standard InChI is InChI=1S/C16H14O3S/c1-20(18,19)15-9-5-6-13(12-15)10-11-16(17)14-7-3-2-4-8-14/h2-12H,1H3/b11-10+. The summed E-state index contributed by atoms with van der Waals surface area (Å²) in [6.07, 6.45) is 4.21.